The molecule has 4 fully saturated rings. The first-order valence-corrected chi connectivity index (χ1v) is 29.6. The maximum atomic E-state index is 13.3. The van der Waals surface area contributed by atoms with Crippen LogP contribution >= 0.6 is 58.8 Å². The standard InChI is InChI=1S/2C22H31N4O6PS2/c2*1-21(2,3)35-34-16-8-6-5-7-14(16)10-12-29-33(28)30-13-15-18(32-33)22(4,24)19(31-15)26-11-9-17(23)25-20(26)27/h2*5-9,11,15,18-19H,10,12-13,24H2,1-4H3,(H2,23,25,27)/t2*15-,18-,19-,22-,33?/m11/s1. The molecule has 0 spiro atoms. The van der Waals surface area contributed by atoms with Gasteiger partial charge in [0.15, 0.2) is 12.5 Å². The van der Waals surface area contributed by atoms with E-state index in [4.69, 9.17) is 59.6 Å². The number of hydrogen-bond donors (Lipinski definition) is 4. The highest BCUT2D eigenvalue weighted by Crippen LogP contribution is 2.59. The number of benzene rings is 2. The number of nitrogens with zero attached hydrogens (tertiary/aromatic N) is 4. The maximum absolute atomic E-state index is 13.3. The van der Waals surface area contributed by atoms with Crippen LogP contribution in [0.2, 0.25) is 0 Å². The van der Waals surface area contributed by atoms with E-state index in [2.05, 4.69) is 63.6 Å². The number of hydrogen-bond acceptors (Lipinski definition) is 22. The van der Waals surface area contributed by atoms with Crippen LogP contribution in [0.25, 0.3) is 0 Å². The Morgan fingerprint density at radius 2 is 1.03 bits per heavy atom. The SMILES string of the molecule is CC(C)(C)SSc1ccccc1CCOP1(=O)OC[C@H]2O[C@@H](n3ccc(N)nc3=O)[C@](C)(N)[C@@H]2O1.CC(C)(C)SSc1ccccc1CCOP1(=O)OC[C@H]2O[C@@H](n3ccc(N)nc3=O)[C@](C)(N)[C@@H]2O1. The summed E-state index contributed by atoms with van der Waals surface area (Å²) in [6.45, 7) is 16.5. The van der Waals surface area contributed by atoms with Gasteiger partial charge in [-0.1, -0.05) is 121 Å². The van der Waals surface area contributed by atoms with Gasteiger partial charge in [-0.15, -0.1) is 0 Å². The summed E-state index contributed by atoms with van der Waals surface area (Å²) < 4.78 is 74.9. The van der Waals surface area contributed by atoms with Crippen molar-refractivity contribution >= 4 is 70.5 Å². The van der Waals surface area contributed by atoms with Gasteiger partial charge in [-0.2, -0.15) is 9.97 Å². The number of phosphoric ester groups is 2. The Morgan fingerprint density at radius 1 is 0.657 bits per heavy atom. The van der Waals surface area contributed by atoms with E-state index in [1.165, 1.54) is 33.7 Å². The summed E-state index contributed by atoms with van der Waals surface area (Å²) in [6, 6.07) is 19.0. The molecule has 4 aliphatic rings. The van der Waals surface area contributed by atoms with Gasteiger partial charge < -0.3 is 32.4 Å². The summed E-state index contributed by atoms with van der Waals surface area (Å²) in [7, 11) is -0.806. The molecule has 2 unspecified atom stereocenters. The summed E-state index contributed by atoms with van der Waals surface area (Å²) in [4.78, 5) is 34.4. The fraction of sp³-hybridized carbons (Fsp3) is 0.545. The molecule has 26 heteroatoms. The Hall–Kier alpha value is -2.74. The lowest BCUT2D eigenvalue weighted by atomic mass is 9.93. The van der Waals surface area contributed by atoms with Crippen molar-refractivity contribution in [2.24, 2.45) is 11.5 Å². The van der Waals surface area contributed by atoms with E-state index in [1.807, 2.05) is 36.4 Å². The second kappa shape index (κ2) is 22.0. The number of rotatable bonds is 14. The number of nitrogen functional groups attached to an aromatic ring is 2. The topological polar surface area (TPSA) is 282 Å². The van der Waals surface area contributed by atoms with Crippen LogP contribution in [0, 0.1) is 0 Å². The Bertz CT molecular complexity index is 2520. The molecule has 2 aromatic heterocycles. The van der Waals surface area contributed by atoms with E-state index >= 15 is 0 Å². The largest absolute Gasteiger partial charge is 0.475 e. The molecule has 384 valence electrons. The first-order valence-electron chi connectivity index (χ1n) is 22.4. The molecule has 4 saturated heterocycles. The molecule has 70 heavy (non-hydrogen) atoms. The van der Waals surface area contributed by atoms with Gasteiger partial charge in [0.05, 0.1) is 37.5 Å². The average Bonchev–Trinajstić information content (AvgIpc) is 3.68. The van der Waals surface area contributed by atoms with Gasteiger partial charge >= 0.3 is 27.0 Å². The van der Waals surface area contributed by atoms with E-state index in [9.17, 15) is 18.7 Å². The van der Waals surface area contributed by atoms with Crippen molar-refractivity contribution in [2.45, 2.75) is 135 Å². The fourth-order valence-corrected chi connectivity index (χ4v) is 15.1. The number of ether oxygens (including phenoxy) is 2. The second-order valence-corrected chi connectivity index (χ2v) is 28.6. The highest BCUT2D eigenvalue weighted by Gasteiger charge is 2.60. The highest BCUT2D eigenvalue weighted by atomic mass is 33.1. The quantitative estimate of drug-likeness (QED) is 0.0701. The second-order valence-electron chi connectivity index (χ2n) is 19.3. The molecule has 0 bridgehead atoms. The van der Waals surface area contributed by atoms with Crippen molar-refractivity contribution in [2.75, 3.05) is 37.9 Å². The minimum atomic E-state index is -3.89. The van der Waals surface area contributed by atoms with Gasteiger partial charge in [0.1, 0.15) is 36.1 Å². The number of nitrogens with two attached hydrogens (primary N) is 4. The lowest BCUT2D eigenvalue weighted by Crippen LogP contribution is -2.55. The van der Waals surface area contributed by atoms with Crippen molar-refractivity contribution in [3.05, 3.63) is 105 Å². The molecule has 8 N–H and O–H groups in total. The van der Waals surface area contributed by atoms with Gasteiger partial charge in [-0.05, 0) is 62.1 Å². The van der Waals surface area contributed by atoms with E-state index in [0.29, 0.717) is 12.8 Å². The molecule has 2 aromatic carbocycles. The summed E-state index contributed by atoms with van der Waals surface area (Å²) in [5.74, 6) is 0.185. The molecule has 10 atom stereocenters. The lowest BCUT2D eigenvalue weighted by molar-refractivity contribution is -0.0722. The Labute approximate surface area is 423 Å². The Morgan fingerprint density at radius 3 is 1.39 bits per heavy atom. The predicted molar refractivity (Wildman–Crippen MR) is 274 cm³/mol. The average molecular weight is 1090 g/mol. The third kappa shape index (κ3) is 13.5. The van der Waals surface area contributed by atoms with Crippen LogP contribution in [-0.4, -0.2) is 90.5 Å². The van der Waals surface area contributed by atoms with E-state index in [-0.39, 0.29) is 47.6 Å². The summed E-state index contributed by atoms with van der Waals surface area (Å²) in [5, 5.41) is 0. The molecule has 20 nitrogen and oxygen atoms in total. The smallest absolute Gasteiger partial charge is 0.383 e. The maximum Gasteiger partial charge on any atom is 0.475 e. The molecule has 0 amide bonds. The van der Waals surface area contributed by atoms with E-state index < -0.39 is 75.0 Å². The van der Waals surface area contributed by atoms with Crippen molar-refractivity contribution in [3.63, 3.8) is 0 Å². The molecule has 4 aliphatic heterocycles. The minimum absolute atomic E-state index is 0.0446. The molecule has 0 saturated carbocycles. The van der Waals surface area contributed by atoms with Gasteiger partial charge in [-0.3, -0.25) is 36.3 Å². The van der Waals surface area contributed by atoms with Crippen molar-refractivity contribution in [3.8, 4) is 0 Å². The molecule has 0 radical (unpaired) electrons. The van der Waals surface area contributed by atoms with Crippen molar-refractivity contribution < 1.29 is 45.7 Å². The third-order valence-electron chi connectivity index (χ3n) is 11.0. The van der Waals surface area contributed by atoms with Crippen LogP contribution in [0.1, 0.15) is 79.0 Å². The van der Waals surface area contributed by atoms with Crippen LogP contribution in [0.4, 0.5) is 11.6 Å². The molecule has 6 heterocycles. The molecular weight excluding hydrogens is 1020 g/mol. The molecule has 8 rings (SSSR count). The zero-order chi connectivity index (χ0) is 50.9. The van der Waals surface area contributed by atoms with E-state index in [1.54, 1.807) is 57.0 Å². The lowest BCUT2D eigenvalue weighted by Gasteiger charge is -2.35. The summed E-state index contributed by atoms with van der Waals surface area (Å²) in [6.07, 6.45) is -0.716. The fourth-order valence-electron chi connectivity index (χ4n) is 7.67. The molecule has 4 aromatic rings. The summed E-state index contributed by atoms with van der Waals surface area (Å²) >= 11 is 0. The monoisotopic (exact) mass is 1080 g/mol. The van der Waals surface area contributed by atoms with Crippen LogP contribution in [0.3, 0.4) is 0 Å². The van der Waals surface area contributed by atoms with Crippen LogP contribution in [0.5, 0.6) is 0 Å². The zero-order valence-corrected chi connectivity index (χ0v) is 45.2. The zero-order valence-electron chi connectivity index (χ0n) is 40.2. The van der Waals surface area contributed by atoms with E-state index in [0.717, 1.165) is 20.9 Å². The number of aromatic nitrogens is 4. The Kier molecular flexibility index (Phi) is 17.3. The van der Waals surface area contributed by atoms with Crippen molar-refractivity contribution in [1.29, 1.82) is 0 Å². The number of fused-ring (bicyclic) bond motifs is 2. The van der Waals surface area contributed by atoms with Crippen molar-refractivity contribution in [1.82, 2.24) is 19.1 Å². The minimum Gasteiger partial charge on any atom is -0.383 e. The van der Waals surface area contributed by atoms with Gasteiger partial charge in [0.25, 0.3) is 0 Å². The normalized spacial score (nSPS) is 30.8. The first-order chi connectivity index (χ1) is 32.8. The van der Waals surface area contributed by atoms with Crippen LogP contribution in [-0.2, 0) is 58.6 Å². The molecule has 0 aliphatic carbocycles. The summed E-state index contributed by atoms with van der Waals surface area (Å²) in [5.41, 5.74) is 22.8. The van der Waals surface area contributed by atoms with Gasteiger partial charge in [0.2, 0.25) is 0 Å². The highest BCUT2D eigenvalue weighted by molar-refractivity contribution is 8.77. The number of phosphoric acid groups is 2. The van der Waals surface area contributed by atoms with Gasteiger partial charge in [0, 0.05) is 31.7 Å². The van der Waals surface area contributed by atoms with Gasteiger partial charge in [-0.25, -0.2) is 18.7 Å². The molecular formula is C44H62N8O12P2S4. The van der Waals surface area contributed by atoms with Crippen LogP contribution in [0.15, 0.2) is 92.4 Å². The number of anilines is 2. The third-order valence-corrected chi connectivity index (χ3v) is 20.8. The van der Waals surface area contributed by atoms with Crippen LogP contribution < -0.4 is 34.3 Å². The predicted octanol–water partition coefficient (Wildman–Crippen LogP) is 7.52. The Balaban J connectivity index is 0.000000206. The first kappa shape index (κ1) is 55.0.